The molecule has 1 atom stereocenters. The molecule has 0 saturated carbocycles. The van der Waals surface area contributed by atoms with Crippen molar-refractivity contribution in [2.75, 3.05) is 19.6 Å². The molecule has 1 aliphatic rings. The number of halogens is 1. The Labute approximate surface area is 126 Å². The maximum Gasteiger partial charge on any atom is 0.243 e. The highest BCUT2D eigenvalue weighted by Crippen LogP contribution is 2.25. The van der Waals surface area contributed by atoms with Crippen molar-refractivity contribution in [2.24, 2.45) is 5.92 Å². The van der Waals surface area contributed by atoms with E-state index in [1.165, 1.54) is 22.5 Å². The van der Waals surface area contributed by atoms with Gasteiger partial charge in [0.05, 0.1) is 4.90 Å². The molecule has 1 N–H and O–H groups in total. The van der Waals surface area contributed by atoms with E-state index in [1.807, 2.05) is 13.8 Å². The molecule has 1 fully saturated rings. The number of hydrogen-bond acceptors (Lipinski definition) is 3. The summed E-state index contributed by atoms with van der Waals surface area (Å²) >= 11 is 0. The minimum absolute atomic E-state index is 0.186. The summed E-state index contributed by atoms with van der Waals surface area (Å²) in [6.45, 7) is 6.28. The minimum atomic E-state index is -3.50. The van der Waals surface area contributed by atoms with E-state index in [-0.39, 0.29) is 10.7 Å². The molecule has 0 amide bonds. The summed E-state index contributed by atoms with van der Waals surface area (Å²) in [5.74, 6) is 0.0123. The lowest BCUT2D eigenvalue weighted by Gasteiger charge is -2.17. The molecule has 0 radical (unpaired) electrons. The Morgan fingerprint density at radius 3 is 2.81 bits per heavy atom. The molecule has 1 aromatic rings. The number of sulfonamides is 1. The predicted octanol–water partition coefficient (Wildman–Crippen LogP) is 2.36. The molecule has 1 unspecified atom stereocenters. The van der Waals surface area contributed by atoms with Gasteiger partial charge in [-0.2, -0.15) is 4.31 Å². The van der Waals surface area contributed by atoms with E-state index in [0.29, 0.717) is 31.1 Å². The third-order valence-electron chi connectivity index (χ3n) is 3.78. The fraction of sp³-hybridized carbons (Fsp3) is 0.600. The van der Waals surface area contributed by atoms with Gasteiger partial charge in [0, 0.05) is 25.2 Å². The number of nitrogens with zero attached hydrogens (tertiary/aromatic N) is 1. The van der Waals surface area contributed by atoms with Crippen LogP contribution in [0.5, 0.6) is 0 Å². The average molecular weight is 314 g/mol. The zero-order chi connectivity index (χ0) is 15.5. The van der Waals surface area contributed by atoms with Crippen LogP contribution in [0.1, 0.15) is 32.3 Å². The summed E-state index contributed by atoms with van der Waals surface area (Å²) in [6, 6.07) is 4.06. The second kappa shape index (κ2) is 6.85. The highest BCUT2D eigenvalue weighted by molar-refractivity contribution is 7.89. The van der Waals surface area contributed by atoms with Crippen LogP contribution >= 0.6 is 0 Å². The van der Waals surface area contributed by atoms with Crippen molar-refractivity contribution >= 4 is 10.0 Å². The maximum atomic E-state index is 13.8. The van der Waals surface area contributed by atoms with Gasteiger partial charge in [-0.25, -0.2) is 12.8 Å². The second-order valence-electron chi connectivity index (χ2n) is 5.69. The van der Waals surface area contributed by atoms with Crippen molar-refractivity contribution in [2.45, 2.75) is 38.1 Å². The monoisotopic (exact) mass is 314 g/mol. The van der Waals surface area contributed by atoms with Crippen molar-refractivity contribution < 1.29 is 12.8 Å². The van der Waals surface area contributed by atoms with E-state index in [9.17, 15) is 12.8 Å². The first-order chi connectivity index (χ1) is 9.95. The SMILES string of the molecule is CCCNCc1cc(S(=O)(=O)N2CCC(C)C2)ccc1F. The molecule has 6 heteroatoms. The van der Waals surface area contributed by atoms with Crippen LogP contribution in [0.4, 0.5) is 4.39 Å². The van der Waals surface area contributed by atoms with Crippen LogP contribution in [0.3, 0.4) is 0 Å². The Hall–Kier alpha value is -0.980. The zero-order valence-electron chi connectivity index (χ0n) is 12.6. The van der Waals surface area contributed by atoms with E-state index >= 15 is 0 Å². The normalized spacial score (nSPS) is 20.0. The van der Waals surface area contributed by atoms with Gasteiger partial charge in [0.2, 0.25) is 10.0 Å². The van der Waals surface area contributed by atoms with Crippen LogP contribution in [0.25, 0.3) is 0 Å². The van der Waals surface area contributed by atoms with Gasteiger partial charge in [-0.3, -0.25) is 0 Å². The van der Waals surface area contributed by atoms with E-state index in [1.54, 1.807) is 0 Å². The molecule has 0 bridgehead atoms. The molecule has 21 heavy (non-hydrogen) atoms. The minimum Gasteiger partial charge on any atom is -0.313 e. The Kier molecular flexibility index (Phi) is 5.35. The summed E-state index contributed by atoms with van der Waals surface area (Å²) in [5, 5.41) is 3.10. The van der Waals surface area contributed by atoms with Gasteiger partial charge in [0.1, 0.15) is 5.82 Å². The summed E-state index contributed by atoms with van der Waals surface area (Å²) in [4.78, 5) is 0.186. The number of rotatable bonds is 6. The number of benzene rings is 1. The van der Waals surface area contributed by atoms with Crippen LogP contribution in [0, 0.1) is 11.7 Å². The van der Waals surface area contributed by atoms with Crippen LogP contribution < -0.4 is 5.32 Å². The van der Waals surface area contributed by atoms with Gasteiger partial charge in [-0.15, -0.1) is 0 Å². The molecule has 0 aliphatic carbocycles. The fourth-order valence-electron chi connectivity index (χ4n) is 2.51. The van der Waals surface area contributed by atoms with Gasteiger partial charge in [-0.05, 0) is 43.5 Å². The molecule has 1 aliphatic heterocycles. The molecule has 0 aromatic heterocycles. The van der Waals surface area contributed by atoms with Crippen LogP contribution in [0.2, 0.25) is 0 Å². The van der Waals surface area contributed by atoms with Gasteiger partial charge >= 0.3 is 0 Å². The Morgan fingerprint density at radius 1 is 1.43 bits per heavy atom. The zero-order valence-corrected chi connectivity index (χ0v) is 13.4. The second-order valence-corrected chi connectivity index (χ2v) is 7.62. The highest BCUT2D eigenvalue weighted by Gasteiger charge is 2.30. The van der Waals surface area contributed by atoms with E-state index in [0.717, 1.165) is 19.4 Å². The van der Waals surface area contributed by atoms with E-state index in [4.69, 9.17) is 0 Å². The predicted molar refractivity (Wildman–Crippen MR) is 80.9 cm³/mol. The lowest BCUT2D eigenvalue weighted by atomic mass is 10.2. The fourth-order valence-corrected chi connectivity index (χ4v) is 4.13. The van der Waals surface area contributed by atoms with Gasteiger partial charge < -0.3 is 5.32 Å². The molecule has 2 rings (SSSR count). The quantitative estimate of drug-likeness (QED) is 0.820. The third kappa shape index (κ3) is 3.81. The lowest BCUT2D eigenvalue weighted by Crippen LogP contribution is -2.29. The lowest BCUT2D eigenvalue weighted by molar-refractivity contribution is 0.464. The van der Waals surface area contributed by atoms with E-state index in [2.05, 4.69) is 5.32 Å². The molecular weight excluding hydrogens is 291 g/mol. The van der Waals surface area contributed by atoms with Crippen molar-refractivity contribution in [3.05, 3.63) is 29.6 Å². The van der Waals surface area contributed by atoms with Gasteiger partial charge in [0.25, 0.3) is 0 Å². The van der Waals surface area contributed by atoms with Gasteiger partial charge in [-0.1, -0.05) is 13.8 Å². The molecular formula is C15H23FN2O2S. The smallest absolute Gasteiger partial charge is 0.243 e. The largest absolute Gasteiger partial charge is 0.313 e. The maximum absolute atomic E-state index is 13.8. The summed E-state index contributed by atoms with van der Waals surface area (Å²) in [7, 11) is -3.50. The highest BCUT2D eigenvalue weighted by atomic mass is 32.2. The van der Waals surface area contributed by atoms with Crippen molar-refractivity contribution in [3.63, 3.8) is 0 Å². The molecule has 0 spiro atoms. The van der Waals surface area contributed by atoms with Crippen LogP contribution in [0.15, 0.2) is 23.1 Å². The molecule has 4 nitrogen and oxygen atoms in total. The van der Waals surface area contributed by atoms with Gasteiger partial charge in [0.15, 0.2) is 0 Å². The standard InChI is InChI=1S/C15H23FN2O2S/c1-3-7-17-10-13-9-14(4-5-15(13)16)21(19,20)18-8-6-12(2)11-18/h4-5,9,12,17H,3,6-8,10-11H2,1-2H3. The Balaban J connectivity index is 2.21. The molecule has 1 saturated heterocycles. The Morgan fingerprint density at radius 2 is 2.19 bits per heavy atom. The van der Waals surface area contributed by atoms with Crippen LogP contribution in [-0.2, 0) is 16.6 Å². The van der Waals surface area contributed by atoms with Crippen molar-refractivity contribution in [1.82, 2.24) is 9.62 Å². The first kappa shape index (κ1) is 16.4. The molecule has 1 heterocycles. The summed E-state index contributed by atoms with van der Waals surface area (Å²) < 4.78 is 40.4. The average Bonchev–Trinajstić information content (AvgIpc) is 2.88. The number of hydrogen-bond donors (Lipinski definition) is 1. The van der Waals surface area contributed by atoms with Crippen molar-refractivity contribution in [3.8, 4) is 0 Å². The number of nitrogens with one attached hydrogen (secondary N) is 1. The van der Waals surface area contributed by atoms with Crippen LogP contribution in [-0.4, -0.2) is 32.4 Å². The topological polar surface area (TPSA) is 49.4 Å². The summed E-state index contributed by atoms with van der Waals surface area (Å²) in [5.41, 5.74) is 0.400. The molecule has 1 aromatic carbocycles. The molecule has 118 valence electrons. The Bertz CT molecular complexity index is 589. The van der Waals surface area contributed by atoms with E-state index < -0.39 is 10.0 Å². The van der Waals surface area contributed by atoms with Crippen molar-refractivity contribution in [1.29, 1.82) is 0 Å². The first-order valence-corrected chi connectivity index (χ1v) is 8.88. The first-order valence-electron chi connectivity index (χ1n) is 7.44. The summed E-state index contributed by atoms with van der Waals surface area (Å²) in [6.07, 6.45) is 1.83. The third-order valence-corrected chi connectivity index (χ3v) is 5.64.